The van der Waals surface area contributed by atoms with Crippen LogP contribution in [0.1, 0.15) is 0 Å². The molecular weight excluding hydrogens is 672 g/mol. The number of nitrogens with zero attached hydrogens (tertiary/aromatic N) is 4. The summed E-state index contributed by atoms with van der Waals surface area (Å²) in [4.78, 5) is 87.8. The molecule has 232 valence electrons. The first-order valence-electron chi connectivity index (χ1n) is 11.0. The summed E-state index contributed by atoms with van der Waals surface area (Å²) in [6.45, 7) is -5.50. The molecule has 0 radical (unpaired) electrons. The molecule has 0 aliphatic heterocycles. The fourth-order valence-electron chi connectivity index (χ4n) is 2.92. The molecule has 0 aliphatic rings. The van der Waals surface area contributed by atoms with Crippen molar-refractivity contribution in [1.29, 1.82) is 0 Å². The second kappa shape index (κ2) is 30.1. The van der Waals surface area contributed by atoms with Crippen molar-refractivity contribution in [2.45, 2.75) is 0 Å². The Hall–Kier alpha value is -0.621. The fourth-order valence-corrected chi connectivity index (χ4v) is 2.92. The minimum absolute atomic E-state index is 0. The van der Waals surface area contributed by atoms with Gasteiger partial charge in [-0.2, -0.15) is 0 Å². The van der Waals surface area contributed by atoms with Gasteiger partial charge in [0.25, 0.3) is 0 Å². The molecule has 23 heteroatoms. The van der Waals surface area contributed by atoms with Gasteiger partial charge in [0.2, 0.25) is 0 Å². The Labute approximate surface area is 334 Å². The van der Waals surface area contributed by atoms with E-state index in [1.54, 1.807) is 0 Å². The monoisotopic (exact) mass is 702 g/mol. The summed E-state index contributed by atoms with van der Waals surface area (Å²) in [5.74, 6) is -11.0. The first kappa shape index (κ1) is 51.9. The Bertz CT molecular complexity index is 719. The van der Waals surface area contributed by atoms with Gasteiger partial charge in [-0.1, -0.05) is 0 Å². The van der Waals surface area contributed by atoms with Gasteiger partial charge in [0, 0.05) is 52.4 Å². The maximum atomic E-state index is 10.6. The van der Waals surface area contributed by atoms with Crippen molar-refractivity contribution in [3.63, 3.8) is 0 Å². The molecule has 0 saturated heterocycles. The van der Waals surface area contributed by atoms with Gasteiger partial charge in [0.05, 0.1) is 50.1 Å². The molecule has 43 heavy (non-hydrogen) atoms. The molecule has 0 rings (SSSR count). The number of rotatable bonds is 22. The van der Waals surface area contributed by atoms with Gasteiger partial charge >= 0.3 is 137 Å². The van der Waals surface area contributed by atoms with Crippen molar-refractivity contribution < 1.29 is 79.2 Å². The summed E-state index contributed by atoms with van der Waals surface area (Å²) in [6, 6.07) is 0. The number of carboxylic acids is 8. The van der Waals surface area contributed by atoms with Gasteiger partial charge in [0.1, 0.15) is 0 Å². The Morgan fingerprint density at radius 3 is 0.628 bits per heavy atom. The van der Waals surface area contributed by atoms with Crippen LogP contribution < -0.4 is 20.4 Å². The van der Waals surface area contributed by atoms with Crippen molar-refractivity contribution in [2.24, 2.45) is 0 Å². The van der Waals surface area contributed by atoms with Gasteiger partial charge in [-0.05, 0) is 0 Å². The van der Waals surface area contributed by atoms with Crippen LogP contribution in [0.4, 0.5) is 0 Å². The van der Waals surface area contributed by atoms with Crippen molar-refractivity contribution in [1.82, 2.24) is 19.6 Å². The van der Waals surface area contributed by atoms with Crippen LogP contribution in [-0.4, -0.2) is 280 Å². The minimum atomic E-state index is -1.53. The standard InChI is InChI=1S/2C10H16N2O8.3Ca.2H/c2*13-7(14)3-11(4-8(15)16)1-2-12(5-9(17)18)6-10(19)20;;;;;/h2*1-6H2,(H,13,14)(H,15,16)(H,17,18)(H,19,20);;;;;/q;;;2*+2;;/p-4. The molecular formula is C20H30Ca3N4O16. The normalized spacial score (nSPS) is 9.95. The first-order valence-corrected chi connectivity index (χ1v) is 11.0. The van der Waals surface area contributed by atoms with Crippen molar-refractivity contribution in [3.8, 4) is 0 Å². The number of hydrogen-bond acceptors (Lipinski definition) is 16. The molecule has 0 unspecified atom stereocenters. The molecule has 0 amide bonds. The molecule has 4 N–H and O–H groups in total. The topological polar surface area (TPSA) is 323 Å². The van der Waals surface area contributed by atoms with Crippen LogP contribution >= 0.6 is 0 Å². The average molecular weight is 703 g/mol. The summed E-state index contributed by atoms with van der Waals surface area (Å²) in [7, 11) is 0. The summed E-state index contributed by atoms with van der Waals surface area (Å²) in [6.07, 6.45) is 0. The van der Waals surface area contributed by atoms with E-state index in [-0.39, 0.29) is 139 Å². The SMILES string of the molecule is O=C(O)CN(CCN(CC(=O)O)CC(=O)O)CC(=O)O.O=C([O-])CN(CCN(CC(=O)[O-])CC(=O)[O-])CC(=O)[O-].[Ca+2].[Ca+2].[CaH2]. The molecule has 0 fully saturated rings. The number of carboxylic acid groups (broad SMARTS) is 8. The molecule has 0 aromatic heterocycles. The Morgan fingerprint density at radius 1 is 0.372 bits per heavy atom. The van der Waals surface area contributed by atoms with Crippen LogP contribution in [0.2, 0.25) is 0 Å². The zero-order valence-electron chi connectivity index (χ0n) is 22.4. The predicted molar refractivity (Wildman–Crippen MR) is 136 cm³/mol. The predicted octanol–water partition coefficient (Wildman–Crippen LogP) is -11.2. The molecule has 0 aromatic carbocycles. The number of aliphatic carboxylic acids is 8. The summed E-state index contributed by atoms with van der Waals surface area (Å²) in [5.41, 5.74) is 0. The molecule has 0 spiro atoms. The average Bonchev–Trinajstić information content (AvgIpc) is 2.72. The third-order valence-corrected chi connectivity index (χ3v) is 4.31. The zero-order valence-corrected chi connectivity index (χ0v) is 26.8. The number of hydrogen-bond donors (Lipinski definition) is 4. The first-order chi connectivity index (χ1) is 18.4. The summed E-state index contributed by atoms with van der Waals surface area (Å²) < 4.78 is 0. The maximum absolute atomic E-state index is 10.6. The number of carbonyl (C=O) groups is 8. The van der Waals surface area contributed by atoms with Crippen LogP contribution in [0.5, 0.6) is 0 Å². The van der Waals surface area contributed by atoms with Gasteiger partial charge in [-0.25, -0.2) is 0 Å². The van der Waals surface area contributed by atoms with E-state index in [1.807, 2.05) is 0 Å². The van der Waals surface area contributed by atoms with E-state index >= 15 is 0 Å². The molecule has 0 atom stereocenters. The van der Waals surface area contributed by atoms with E-state index in [0.29, 0.717) is 0 Å². The van der Waals surface area contributed by atoms with Gasteiger partial charge < -0.3 is 60.0 Å². The molecule has 0 bridgehead atoms. The van der Waals surface area contributed by atoms with Crippen LogP contribution in [0.3, 0.4) is 0 Å². The Morgan fingerprint density at radius 2 is 0.512 bits per heavy atom. The summed E-state index contributed by atoms with van der Waals surface area (Å²) >= 11 is 0. The summed E-state index contributed by atoms with van der Waals surface area (Å²) in [5, 5.41) is 76.1. The molecule has 20 nitrogen and oxygen atoms in total. The van der Waals surface area contributed by atoms with Crippen molar-refractivity contribution >= 4 is 161 Å². The molecule has 0 saturated carbocycles. The third-order valence-electron chi connectivity index (χ3n) is 4.31. The second-order valence-electron chi connectivity index (χ2n) is 7.91. The van der Waals surface area contributed by atoms with Gasteiger partial charge in [-0.15, -0.1) is 0 Å². The van der Waals surface area contributed by atoms with Crippen molar-refractivity contribution in [3.05, 3.63) is 0 Å². The molecule has 0 aromatic rings. The fraction of sp³-hybridized carbons (Fsp3) is 0.600. The van der Waals surface area contributed by atoms with E-state index in [1.165, 1.54) is 0 Å². The van der Waals surface area contributed by atoms with E-state index < -0.39 is 100 Å². The van der Waals surface area contributed by atoms with E-state index in [9.17, 15) is 58.8 Å². The third kappa shape index (κ3) is 37.5. The molecule has 0 heterocycles. The van der Waals surface area contributed by atoms with E-state index in [0.717, 1.165) is 19.6 Å². The Balaban J connectivity index is -0.000000209. The number of carbonyl (C=O) groups excluding carboxylic acids is 4. The van der Waals surface area contributed by atoms with Crippen LogP contribution in [-0.2, 0) is 38.4 Å². The Kier molecular flexibility index (Phi) is 36.3. The molecule has 0 aliphatic carbocycles. The van der Waals surface area contributed by atoms with Gasteiger partial charge in [0.15, 0.2) is 0 Å². The van der Waals surface area contributed by atoms with Crippen LogP contribution in [0, 0.1) is 0 Å². The second-order valence-corrected chi connectivity index (χ2v) is 7.91. The quantitative estimate of drug-likeness (QED) is 0.0761. The van der Waals surface area contributed by atoms with Crippen LogP contribution in [0.25, 0.3) is 0 Å². The van der Waals surface area contributed by atoms with Crippen LogP contribution in [0.15, 0.2) is 0 Å². The van der Waals surface area contributed by atoms with E-state index in [4.69, 9.17) is 20.4 Å². The van der Waals surface area contributed by atoms with E-state index in [2.05, 4.69) is 0 Å². The van der Waals surface area contributed by atoms with Gasteiger partial charge in [-0.3, -0.25) is 38.8 Å². The zero-order chi connectivity index (χ0) is 31.4. The van der Waals surface area contributed by atoms with Crippen molar-refractivity contribution in [2.75, 3.05) is 78.5 Å².